The predicted molar refractivity (Wildman–Crippen MR) is 127 cm³/mol. The molecule has 0 radical (unpaired) electrons. The number of nitrogens with one attached hydrogen (secondary N) is 1. The van der Waals surface area contributed by atoms with Crippen molar-refractivity contribution in [3.8, 4) is 0 Å². The van der Waals surface area contributed by atoms with Crippen molar-refractivity contribution in [2.45, 2.75) is 44.9 Å². The van der Waals surface area contributed by atoms with E-state index >= 15 is 0 Å². The average molecular weight is 455 g/mol. The molecule has 2 aromatic rings. The smallest absolute Gasteiger partial charge is 0.271 e. The van der Waals surface area contributed by atoms with Crippen molar-refractivity contribution >= 4 is 35.1 Å². The third-order valence-electron chi connectivity index (χ3n) is 6.80. The molecule has 1 spiro atoms. The third-order valence-corrected chi connectivity index (χ3v) is 7.12. The zero-order valence-electron chi connectivity index (χ0n) is 17.9. The highest BCUT2D eigenvalue weighted by molar-refractivity contribution is 6.33. The van der Waals surface area contributed by atoms with Crippen molar-refractivity contribution in [1.82, 2.24) is 5.43 Å². The number of hydrazone groups is 1. The maximum Gasteiger partial charge on any atom is 0.271 e. The van der Waals surface area contributed by atoms with E-state index in [0.29, 0.717) is 16.0 Å². The highest BCUT2D eigenvalue weighted by Crippen LogP contribution is 2.45. The molecular weight excluding hydrogens is 428 g/mol. The lowest BCUT2D eigenvalue weighted by molar-refractivity contribution is -0.384. The lowest BCUT2D eigenvalue weighted by Crippen LogP contribution is -2.41. The molecule has 1 heterocycles. The summed E-state index contributed by atoms with van der Waals surface area (Å²) < 4.78 is 0. The molecule has 1 saturated heterocycles. The van der Waals surface area contributed by atoms with Crippen LogP contribution in [0.3, 0.4) is 0 Å². The van der Waals surface area contributed by atoms with Crippen LogP contribution in [0.4, 0.5) is 11.4 Å². The number of carbonyl (C=O) groups excluding carboxylic acids is 1. The molecule has 8 heteroatoms. The minimum atomic E-state index is -0.510. The van der Waals surface area contributed by atoms with Gasteiger partial charge in [0, 0.05) is 42.0 Å². The number of amides is 1. The monoisotopic (exact) mass is 454 g/mol. The van der Waals surface area contributed by atoms with Crippen molar-refractivity contribution in [3.05, 3.63) is 68.7 Å². The number of benzene rings is 2. The van der Waals surface area contributed by atoms with E-state index < -0.39 is 10.8 Å². The minimum absolute atomic E-state index is 0.0699. The second kappa shape index (κ2) is 9.69. The first-order chi connectivity index (χ1) is 15.5. The van der Waals surface area contributed by atoms with E-state index in [1.54, 1.807) is 0 Å². The van der Waals surface area contributed by atoms with Gasteiger partial charge in [0.1, 0.15) is 0 Å². The Kier molecular flexibility index (Phi) is 6.74. The van der Waals surface area contributed by atoms with Gasteiger partial charge in [-0.1, -0.05) is 30.9 Å². The summed E-state index contributed by atoms with van der Waals surface area (Å²) in [5, 5.41) is 15.3. The summed E-state index contributed by atoms with van der Waals surface area (Å²) in [5.41, 5.74) is 5.03. The molecule has 0 bridgehead atoms. The van der Waals surface area contributed by atoms with Crippen molar-refractivity contribution < 1.29 is 9.72 Å². The van der Waals surface area contributed by atoms with E-state index in [4.69, 9.17) is 11.6 Å². The summed E-state index contributed by atoms with van der Waals surface area (Å²) in [5.74, 6) is -0.450. The molecule has 4 rings (SSSR count). The van der Waals surface area contributed by atoms with Gasteiger partial charge in [-0.05, 0) is 61.4 Å². The number of anilines is 1. The van der Waals surface area contributed by atoms with E-state index in [0.717, 1.165) is 18.8 Å². The van der Waals surface area contributed by atoms with Gasteiger partial charge in [-0.3, -0.25) is 14.9 Å². The maximum absolute atomic E-state index is 12.2. The normalized spacial score (nSPS) is 18.1. The number of nitro groups is 1. The fourth-order valence-electron chi connectivity index (χ4n) is 4.82. The molecule has 2 fully saturated rings. The Balaban J connectivity index is 1.33. The van der Waals surface area contributed by atoms with Crippen LogP contribution in [0, 0.1) is 15.5 Å². The standard InChI is InChI=1S/C24H27ClN4O3/c25-22-16-21(28-14-12-24(13-15-28)10-2-1-3-11-24)9-6-19(22)17-26-27-23(30)18-4-7-20(8-5-18)29(31)32/h4-9,16-17H,1-3,10-15H2,(H,27,30). The Hall–Kier alpha value is -2.93. The summed E-state index contributed by atoms with van der Waals surface area (Å²) in [6.45, 7) is 2.13. The number of nitrogens with zero attached hydrogens (tertiary/aromatic N) is 3. The Morgan fingerprint density at radius 1 is 1.06 bits per heavy atom. The molecule has 1 N–H and O–H groups in total. The van der Waals surface area contributed by atoms with E-state index in [9.17, 15) is 14.9 Å². The van der Waals surface area contributed by atoms with E-state index in [2.05, 4.69) is 15.4 Å². The zero-order valence-corrected chi connectivity index (χ0v) is 18.7. The van der Waals surface area contributed by atoms with Gasteiger partial charge in [0.2, 0.25) is 0 Å². The third kappa shape index (κ3) is 5.10. The summed E-state index contributed by atoms with van der Waals surface area (Å²) >= 11 is 6.48. The molecule has 2 aliphatic rings. The van der Waals surface area contributed by atoms with Crippen molar-refractivity contribution in [3.63, 3.8) is 0 Å². The lowest BCUT2D eigenvalue weighted by atomic mass is 9.68. The van der Waals surface area contributed by atoms with E-state index in [-0.39, 0.29) is 11.3 Å². The topological polar surface area (TPSA) is 87.8 Å². The van der Waals surface area contributed by atoms with Crippen LogP contribution in [0.1, 0.15) is 60.9 Å². The molecule has 2 aromatic carbocycles. The molecule has 1 saturated carbocycles. The Bertz CT molecular complexity index is 1010. The fraction of sp³-hybridized carbons (Fsp3) is 0.417. The summed E-state index contributed by atoms with van der Waals surface area (Å²) in [6.07, 6.45) is 10.9. The van der Waals surface area contributed by atoms with Crippen LogP contribution in [0.25, 0.3) is 0 Å². The Morgan fingerprint density at radius 2 is 1.75 bits per heavy atom. The van der Waals surface area contributed by atoms with E-state index in [1.807, 2.05) is 18.2 Å². The molecule has 0 atom stereocenters. The molecule has 32 heavy (non-hydrogen) atoms. The molecule has 0 aromatic heterocycles. The number of non-ortho nitro benzene ring substituents is 1. The maximum atomic E-state index is 12.2. The number of halogens is 1. The highest BCUT2D eigenvalue weighted by atomic mass is 35.5. The molecule has 1 aliphatic carbocycles. The predicted octanol–water partition coefficient (Wildman–Crippen LogP) is 5.56. The number of nitro benzene ring substituents is 1. The molecule has 7 nitrogen and oxygen atoms in total. The number of carbonyl (C=O) groups is 1. The second-order valence-electron chi connectivity index (χ2n) is 8.76. The van der Waals surface area contributed by atoms with Gasteiger partial charge in [0.25, 0.3) is 11.6 Å². The number of rotatable bonds is 5. The van der Waals surface area contributed by atoms with Crippen LogP contribution in [0.15, 0.2) is 47.6 Å². The molecule has 168 valence electrons. The Labute approximate surface area is 192 Å². The molecule has 1 amide bonds. The SMILES string of the molecule is O=C(NN=Cc1ccc(N2CCC3(CCCCC3)CC2)cc1Cl)c1ccc([N+](=O)[O-])cc1. The molecule has 0 unspecified atom stereocenters. The first-order valence-corrected chi connectivity index (χ1v) is 11.5. The number of hydrogen-bond donors (Lipinski definition) is 1. The average Bonchev–Trinajstić information content (AvgIpc) is 2.81. The summed E-state index contributed by atoms with van der Waals surface area (Å²) in [4.78, 5) is 24.8. The summed E-state index contributed by atoms with van der Waals surface area (Å²) in [7, 11) is 0. The quantitative estimate of drug-likeness (QED) is 0.363. The largest absolute Gasteiger partial charge is 0.371 e. The van der Waals surface area contributed by atoms with Crippen molar-refractivity contribution in [2.24, 2.45) is 10.5 Å². The number of hydrogen-bond acceptors (Lipinski definition) is 5. The van der Waals surface area contributed by atoms with Crippen LogP contribution in [-0.4, -0.2) is 30.1 Å². The fourth-order valence-corrected chi connectivity index (χ4v) is 5.04. The van der Waals surface area contributed by atoms with Gasteiger partial charge in [0.05, 0.1) is 16.2 Å². The van der Waals surface area contributed by atoms with Crippen LogP contribution in [0.2, 0.25) is 5.02 Å². The van der Waals surface area contributed by atoms with Gasteiger partial charge in [-0.15, -0.1) is 0 Å². The number of piperidine rings is 1. The lowest BCUT2D eigenvalue weighted by Gasteiger charge is -2.45. The van der Waals surface area contributed by atoms with Gasteiger partial charge < -0.3 is 4.90 Å². The van der Waals surface area contributed by atoms with Gasteiger partial charge >= 0.3 is 0 Å². The van der Waals surface area contributed by atoms with Crippen LogP contribution in [0.5, 0.6) is 0 Å². The van der Waals surface area contributed by atoms with E-state index in [1.165, 1.54) is 75.4 Å². The minimum Gasteiger partial charge on any atom is -0.371 e. The summed E-state index contributed by atoms with van der Waals surface area (Å²) in [6, 6.07) is 11.3. The highest BCUT2D eigenvalue weighted by Gasteiger charge is 2.35. The van der Waals surface area contributed by atoms with Gasteiger partial charge in [0.15, 0.2) is 0 Å². The van der Waals surface area contributed by atoms with Crippen LogP contribution >= 0.6 is 11.6 Å². The van der Waals surface area contributed by atoms with Gasteiger partial charge in [-0.2, -0.15) is 5.10 Å². The Morgan fingerprint density at radius 3 is 2.38 bits per heavy atom. The van der Waals surface area contributed by atoms with Crippen molar-refractivity contribution in [2.75, 3.05) is 18.0 Å². The van der Waals surface area contributed by atoms with Crippen LogP contribution < -0.4 is 10.3 Å². The van der Waals surface area contributed by atoms with Crippen LogP contribution in [-0.2, 0) is 0 Å². The first-order valence-electron chi connectivity index (χ1n) is 11.1. The zero-order chi connectivity index (χ0) is 22.6. The molecular formula is C24H27ClN4O3. The second-order valence-corrected chi connectivity index (χ2v) is 9.16. The first kappa shape index (κ1) is 22.3. The van der Waals surface area contributed by atoms with Gasteiger partial charge in [-0.25, -0.2) is 5.43 Å². The van der Waals surface area contributed by atoms with Crippen molar-refractivity contribution in [1.29, 1.82) is 0 Å². The molecule has 1 aliphatic heterocycles.